The molecule has 2 aromatic carbocycles. The Balaban J connectivity index is 1.41. The van der Waals surface area contributed by atoms with Gasteiger partial charge < -0.3 is 9.32 Å². The number of hydrogen-bond donors (Lipinski definition) is 0. The zero-order valence-corrected chi connectivity index (χ0v) is 16.7. The summed E-state index contributed by atoms with van der Waals surface area (Å²) in [5.41, 5.74) is 0.615. The second kappa shape index (κ2) is 8.30. The normalized spacial score (nSPS) is 15.5. The number of halogens is 5. The molecule has 2 heterocycles. The summed E-state index contributed by atoms with van der Waals surface area (Å²) < 4.78 is 71.6. The van der Waals surface area contributed by atoms with Gasteiger partial charge in [0, 0.05) is 44.5 Å². The van der Waals surface area contributed by atoms with Gasteiger partial charge in [-0.15, -0.1) is 0 Å². The van der Waals surface area contributed by atoms with Crippen molar-refractivity contribution in [2.24, 2.45) is 0 Å². The van der Waals surface area contributed by atoms with Crippen LogP contribution in [-0.4, -0.2) is 36.1 Å². The average Bonchev–Trinajstić information content (AvgIpc) is 3.08. The molecule has 9 heteroatoms. The van der Waals surface area contributed by atoms with Crippen molar-refractivity contribution in [1.29, 1.82) is 0 Å². The molecule has 3 aromatic rings. The predicted octanol–water partition coefficient (Wildman–Crippen LogP) is 5.27. The Morgan fingerprint density at radius 1 is 1.00 bits per heavy atom. The molecule has 1 aliphatic heterocycles. The summed E-state index contributed by atoms with van der Waals surface area (Å²) in [6.45, 7) is 4.58. The van der Waals surface area contributed by atoms with Crippen molar-refractivity contribution < 1.29 is 26.4 Å². The van der Waals surface area contributed by atoms with Crippen LogP contribution in [0.25, 0.3) is 11.5 Å². The van der Waals surface area contributed by atoms with Crippen LogP contribution in [0.1, 0.15) is 17.0 Å². The third kappa shape index (κ3) is 4.71. The number of alkyl halides is 3. The summed E-state index contributed by atoms with van der Waals surface area (Å²) in [7, 11) is 0. The number of oxazole rings is 1. The molecule has 1 aliphatic rings. The predicted molar refractivity (Wildman–Crippen MR) is 106 cm³/mol. The molecule has 0 bridgehead atoms. The molecule has 0 aliphatic carbocycles. The van der Waals surface area contributed by atoms with Crippen LogP contribution in [0.3, 0.4) is 0 Å². The van der Waals surface area contributed by atoms with E-state index in [1.54, 1.807) is 13.0 Å². The van der Waals surface area contributed by atoms with Gasteiger partial charge in [-0.1, -0.05) is 6.07 Å². The maximum atomic E-state index is 14.0. The van der Waals surface area contributed by atoms with E-state index in [9.17, 15) is 22.0 Å². The zero-order valence-electron chi connectivity index (χ0n) is 16.7. The largest absolute Gasteiger partial charge is 0.441 e. The van der Waals surface area contributed by atoms with Crippen LogP contribution in [0.15, 0.2) is 46.9 Å². The average molecular weight is 437 g/mol. The van der Waals surface area contributed by atoms with Crippen LogP contribution in [0.2, 0.25) is 0 Å². The Labute approximate surface area is 175 Å². The van der Waals surface area contributed by atoms with Crippen LogP contribution < -0.4 is 4.90 Å². The van der Waals surface area contributed by atoms with Gasteiger partial charge in [-0.05, 0) is 37.3 Å². The molecule has 4 rings (SSSR count). The first kappa shape index (κ1) is 21.3. The zero-order chi connectivity index (χ0) is 22.2. The summed E-state index contributed by atoms with van der Waals surface area (Å²) in [4.78, 5) is 8.40. The molecule has 0 atom stereocenters. The lowest BCUT2D eigenvalue weighted by Crippen LogP contribution is -2.46. The highest BCUT2D eigenvalue weighted by molar-refractivity contribution is 5.54. The lowest BCUT2D eigenvalue weighted by molar-refractivity contribution is -0.137. The summed E-state index contributed by atoms with van der Waals surface area (Å²) in [5, 5.41) is 0. The van der Waals surface area contributed by atoms with Gasteiger partial charge in [0.25, 0.3) is 0 Å². The highest BCUT2D eigenvalue weighted by atomic mass is 19.4. The molecule has 31 heavy (non-hydrogen) atoms. The van der Waals surface area contributed by atoms with Crippen molar-refractivity contribution in [2.45, 2.75) is 19.6 Å². The number of nitrogens with zero attached hydrogens (tertiary/aromatic N) is 3. The second-order valence-electron chi connectivity index (χ2n) is 7.46. The van der Waals surface area contributed by atoms with E-state index >= 15 is 0 Å². The van der Waals surface area contributed by atoms with Crippen molar-refractivity contribution in [3.05, 3.63) is 71.1 Å². The Kier molecular flexibility index (Phi) is 5.70. The third-order valence-corrected chi connectivity index (χ3v) is 5.34. The molecule has 0 unspecified atom stereocenters. The van der Waals surface area contributed by atoms with Crippen molar-refractivity contribution in [3.63, 3.8) is 0 Å². The lowest BCUT2D eigenvalue weighted by atomic mass is 10.1. The standard InChI is InChI=1S/C22H20F5N3O/c1-14-20(28-21(31-14)18-6-5-16(23)12-19(18)24)13-29-7-9-30(10-8-29)17-4-2-3-15(11-17)22(25,26)27/h2-6,11-12H,7-10,13H2,1H3. The Morgan fingerprint density at radius 3 is 2.42 bits per heavy atom. The van der Waals surface area contributed by atoms with Crippen molar-refractivity contribution >= 4 is 5.69 Å². The van der Waals surface area contributed by atoms with Gasteiger partial charge in [-0.25, -0.2) is 13.8 Å². The van der Waals surface area contributed by atoms with Crippen molar-refractivity contribution in [1.82, 2.24) is 9.88 Å². The van der Waals surface area contributed by atoms with E-state index in [0.29, 0.717) is 49.9 Å². The van der Waals surface area contributed by atoms with Crippen molar-refractivity contribution in [2.75, 3.05) is 31.1 Å². The summed E-state index contributed by atoms with van der Waals surface area (Å²) in [6, 6.07) is 8.53. The first-order valence-corrected chi connectivity index (χ1v) is 9.77. The van der Waals surface area contributed by atoms with Crippen LogP contribution in [-0.2, 0) is 12.7 Å². The number of aromatic nitrogens is 1. The SMILES string of the molecule is Cc1oc(-c2ccc(F)cc2F)nc1CN1CCN(c2cccc(C(F)(F)F)c2)CC1. The smallest absolute Gasteiger partial charge is 0.416 e. The molecule has 0 N–H and O–H groups in total. The molecule has 1 fully saturated rings. The maximum absolute atomic E-state index is 14.0. The molecular formula is C22H20F5N3O. The van der Waals surface area contributed by atoms with E-state index in [4.69, 9.17) is 4.42 Å². The number of piperazine rings is 1. The Hall–Kier alpha value is -2.94. The van der Waals surface area contributed by atoms with E-state index in [1.807, 2.05) is 4.90 Å². The highest BCUT2D eigenvalue weighted by Crippen LogP contribution is 2.32. The molecule has 0 radical (unpaired) electrons. The maximum Gasteiger partial charge on any atom is 0.416 e. The minimum Gasteiger partial charge on any atom is -0.441 e. The van der Waals surface area contributed by atoms with Crippen LogP contribution in [0, 0.1) is 18.6 Å². The van der Waals surface area contributed by atoms with E-state index < -0.39 is 23.4 Å². The first-order valence-electron chi connectivity index (χ1n) is 9.77. The molecule has 0 spiro atoms. The second-order valence-corrected chi connectivity index (χ2v) is 7.46. The first-order chi connectivity index (χ1) is 14.7. The summed E-state index contributed by atoms with van der Waals surface area (Å²) in [6.07, 6.45) is -4.37. The van der Waals surface area contributed by atoms with Gasteiger partial charge in [0.15, 0.2) is 0 Å². The van der Waals surface area contributed by atoms with E-state index in [0.717, 1.165) is 18.2 Å². The molecule has 0 amide bonds. The molecule has 1 aromatic heterocycles. The summed E-state index contributed by atoms with van der Waals surface area (Å²) >= 11 is 0. The highest BCUT2D eigenvalue weighted by Gasteiger charge is 2.31. The van der Waals surface area contributed by atoms with Crippen LogP contribution in [0.5, 0.6) is 0 Å². The third-order valence-electron chi connectivity index (χ3n) is 5.34. The molecule has 1 saturated heterocycles. The van der Waals surface area contributed by atoms with Gasteiger partial charge in [0.05, 0.1) is 16.8 Å². The minimum atomic E-state index is -4.37. The monoisotopic (exact) mass is 437 g/mol. The van der Waals surface area contributed by atoms with Crippen molar-refractivity contribution in [3.8, 4) is 11.5 Å². The van der Waals surface area contributed by atoms with Gasteiger partial charge >= 0.3 is 6.18 Å². The van der Waals surface area contributed by atoms with E-state index in [1.165, 1.54) is 18.2 Å². The Bertz CT molecular complexity index is 1070. The van der Waals surface area contributed by atoms with Crippen LogP contribution in [0.4, 0.5) is 27.6 Å². The number of rotatable bonds is 4. The number of benzene rings is 2. The van der Waals surface area contributed by atoms with E-state index in [2.05, 4.69) is 9.88 Å². The number of aryl methyl sites for hydroxylation is 1. The van der Waals surface area contributed by atoms with E-state index in [-0.39, 0.29) is 11.5 Å². The number of anilines is 1. The molecular weight excluding hydrogens is 417 g/mol. The summed E-state index contributed by atoms with van der Waals surface area (Å²) in [5.74, 6) is -0.794. The molecule has 4 nitrogen and oxygen atoms in total. The molecule has 164 valence electrons. The fourth-order valence-electron chi connectivity index (χ4n) is 3.61. The number of hydrogen-bond acceptors (Lipinski definition) is 4. The van der Waals surface area contributed by atoms with Gasteiger partial charge in [-0.3, -0.25) is 4.90 Å². The fourth-order valence-corrected chi connectivity index (χ4v) is 3.61. The lowest BCUT2D eigenvalue weighted by Gasteiger charge is -2.36. The van der Waals surface area contributed by atoms with Crippen LogP contribution >= 0.6 is 0 Å². The fraction of sp³-hybridized carbons (Fsp3) is 0.318. The van der Waals surface area contributed by atoms with Gasteiger partial charge in [-0.2, -0.15) is 13.2 Å². The molecule has 0 saturated carbocycles. The minimum absolute atomic E-state index is 0.0881. The van der Waals surface area contributed by atoms with Gasteiger partial charge in [0.1, 0.15) is 17.4 Å². The Morgan fingerprint density at radius 2 is 1.74 bits per heavy atom. The topological polar surface area (TPSA) is 32.5 Å². The quantitative estimate of drug-likeness (QED) is 0.521. The van der Waals surface area contributed by atoms with Gasteiger partial charge in [0.2, 0.25) is 5.89 Å².